The van der Waals surface area contributed by atoms with Crippen molar-refractivity contribution < 1.29 is 9.90 Å². The Morgan fingerprint density at radius 1 is 1.15 bits per heavy atom. The average Bonchev–Trinajstić information content (AvgIpc) is 2.42. The van der Waals surface area contributed by atoms with Gasteiger partial charge in [-0.05, 0) is 30.7 Å². The molecule has 5 heteroatoms. The van der Waals surface area contributed by atoms with Crippen LogP contribution in [0.2, 0.25) is 0 Å². The second-order valence-corrected chi connectivity index (χ2v) is 4.77. The Morgan fingerprint density at radius 2 is 1.80 bits per heavy atom. The number of para-hydroxylation sites is 2. The molecule has 20 heavy (non-hydrogen) atoms. The van der Waals surface area contributed by atoms with E-state index in [0.717, 1.165) is 0 Å². The monoisotopic (exact) mass is 286 g/mol. The summed E-state index contributed by atoms with van der Waals surface area (Å²) < 4.78 is 0. The molecule has 2 aromatic carbocycles. The number of benzene rings is 2. The number of nitrogens with one attached hydrogen (secondary N) is 1. The number of nitrogens with two attached hydrogens (primary N) is 1. The molecule has 0 radical (unpaired) electrons. The van der Waals surface area contributed by atoms with Crippen LogP contribution in [-0.2, 0) is 0 Å². The first-order valence-corrected chi connectivity index (χ1v) is 6.40. The molecule has 0 aliphatic rings. The molecular weight excluding hydrogens is 272 g/mol. The Bertz CT molecular complexity index is 683. The molecule has 4 N–H and O–H groups in total. The number of hydrogen-bond donors (Lipinski definition) is 3. The number of hydrogen-bond acceptors (Lipinski definition) is 3. The maximum atomic E-state index is 12.2. The number of aromatic hydroxyl groups is 1. The number of rotatable bonds is 3. The van der Waals surface area contributed by atoms with Gasteiger partial charge in [0.05, 0.1) is 11.3 Å². The zero-order valence-corrected chi connectivity index (χ0v) is 11.7. The highest BCUT2D eigenvalue weighted by atomic mass is 32.1. The van der Waals surface area contributed by atoms with Crippen molar-refractivity contribution >= 4 is 28.8 Å². The molecule has 102 valence electrons. The molecule has 0 unspecified atom stereocenters. The fraction of sp³-hybridized carbons (Fsp3) is 0.0667. The summed E-state index contributed by atoms with van der Waals surface area (Å²) in [5.41, 5.74) is 7.57. The van der Waals surface area contributed by atoms with E-state index in [1.807, 2.05) is 0 Å². The lowest BCUT2D eigenvalue weighted by Crippen LogP contribution is -2.17. The van der Waals surface area contributed by atoms with Crippen molar-refractivity contribution in [1.29, 1.82) is 0 Å². The van der Waals surface area contributed by atoms with Gasteiger partial charge in [-0.2, -0.15) is 0 Å². The largest absolute Gasteiger partial charge is 0.507 e. The Balaban J connectivity index is 2.33. The number of amides is 1. The maximum Gasteiger partial charge on any atom is 0.259 e. The summed E-state index contributed by atoms with van der Waals surface area (Å²) in [6, 6.07) is 12.0. The zero-order valence-electron chi connectivity index (χ0n) is 10.9. The van der Waals surface area contributed by atoms with Crippen molar-refractivity contribution in [3.05, 3.63) is 59.2 Å². The first-order valence-electron chi connectivity index (χ1n) is 5.99. The number of carbonyl (C=O) groups is 1. The number of thiocarbonyl (C=S) groups is 1. The number of anilines is 1. The van der Waals surface area contributed by atoms with Crippen molar-refractivity contribution in [2.24, 2.45) is 5.73 Å². The SMILES string of the molecule is Cc1cccc(C(=O)Nc2ccccc2C(N)=S)c1O. The molecule has 0 heterocycles. The highest BCUT2D eigenvalue weighted by Gasteiger charge is 2.14. The molecule has 0 fully saturated rings. The van der Waals surface area contributed by atoms with Gasteiger partial charge in [-0.25, -0.2) is 0 Å². The summed E-state index contributed by atoms with van der Waals surface area (Å²) in [7, 11) is 0. The van der Waals surface area contributed by atoms with Crippen LogP contribution in [-0.4, -0.2) is 16.0 Å². The Hall–Kier alpha value is -2.40. The fourth-order valence-corrected chi connectivity index (χ4v) is 2.02. The van der Waals surface area contributed by atoms with Crippen molar-refractivity contribution in [2.75, 3.05) is 5.32 Å². The molecule has 2 rings (SSSR count). The first-order chi connectivity index (χ1) is 9.50. The van der Waals surface area contributed by atoms with Gasteiger partial charge in [0.15, 0.2) is 0 Å². The summed E-state index contributed by atoms with van der Waals surface area (Å²) in [6.45, 7) is 1.73. The summed E-state index contributed by atoms with van der Waals surface area (Å²) in [6.07, 6.45) is 0. The molecule has 0 bridgehead atoms. The molecule has 0 saturated heterocycles. The first kappa shape index (κ1) is 14.0. The summed E-state index contributed by atoms with van der Waals surface area (Å²) >= 11 is 4.94. The molecule has 0 aromatic heterocycles. The van der Waals surface area contributed by atoms with Crippen molar-refractivity contribution in [3.63, 3.8) is 0 Å². The van der Waals surface area contributed by atoms with Crippen LogP contribution in [0.25, 0.3) is 0 Å². The van der Waals surface area contributed by atoms with Gasteiger partial charge < -0.3 is 16.2 Å². The average molecular weight is 286 g/mol. The predicted octanol–water partition coefficient (Wildman–Crippen LogP) is 2.59. The minimum Gasteiger partial charge on any atom is -0.507 e. The lowest BCUT2D eigenvalue weighted by Gasteiger charge is -2.11. The van der Waals surface area contributed by atoms with Gasteiger partial charge in [0.25, 0.3) is 5.91 Å². The molecule has 0 aliphatic heterocycles. The lowest BCUT2D eigenvalue weighted by molar-refractivity contribution is 0.102. The van der Waals surface area contributed by atoms with Crippen molar-refractivity contribution in [2.45, 2.75) is 6.92 Å². The number of carbonyl (C=O) groups excluding carboxylic acids is 1. The van der Waals surface area contributed by atoms with Crippen LogP contribution in [0.1, 0.15) is 21.5 Å². The Morgan fingerprint density at radius 3 is 2.50 bits per heavy atom. The fourth-order valence-electron chi connectivity index (χ4n) is 1.84. The third-order valence-electron chi connectivity index (χ3n) is 2.92. The third kappa shape index (κ3) is 2.78. The van der Waals surface area contributed by atoms with Gasteiger partial charge in [-0.3, -0.25) is 4.79 Å². The highest BCUT2D eigenvalue weighted by Crippen LogP contribution is 2.23. The van der Waals surface area contributed by atoms with Crippen LogP contribution < -0.4 is 11.1 Å². The molecule has 1 amide bonds. The summed E-state index contributed by atoms with van der Waals surface area (Å²) in [4.78, 5) is 12.4. The Kier molecular flexibility index (Phi) is 4.00. The lowest BCUT2D eigenvalue weighted by atomic mass is 10.1. The second-order valence-electron chi connectivity index (χ2n) is 4.34. The van der Waals surface area contributed by atoms with Gasteiger partial charge in [0.1, 0.15) is 10.7 Å². The van der Waals surface area contributed by atoms with E-state index < -0.39 is 5.91 Å². The number of phenols is 1. The predicted molar refractivity (Wildman–Crippen MR) is 83.1 cm³/mol. The van der Waals surface area contributed by atoms with E-state index in [1.165, 1.54) is 0 Å². The van der Waals surface area contributed by atoms with Gasteiger partial charge in [-0.15, -0.1) is 0 Å². The van der Waals surface area contributed by atoms with Crippen LogP contribution in [0.4, 0.5) is 5.69 Å². The van der Waals surface area contributed by atoms with E-state index in [0.29, 0.717) is 16.8 Å². The van der Waals surface area contributed by atoms with Crippen LogP contribution >= 0.6 is 12.2 Å². The molecule has 4 nitrogen and oxygen atoms in total. The van der Waals surface area contributed by atoms with Crippen molar-refractivity contribution in [1.82, 2.24) is 0 Å². The topological polar surface area (TPSA) is 75.4 Å². The highest BCUT2D eigenvalue weighted by molar-refractivity contribution is 7.80. The molecule has 0 aliphatic carbocycles. The van der Waals surface area contributed by atoms with E-state index in [-0.39, 0.29) is 16.3 Å². The summed E-state index contributed by atoms with van der Waals surface area (Å²) in [5.74, 6) is -0.437. The van der Waals surface area contributed by atoms with Gasteiger partial charge >= 0.3 is 0 Å². The van der Waals surface area contributed by atoms with Crippen LogP contribution in [0.5, 0.6) is 5.75 Å². The Labute approximate surface area is 122 Å². The normalized spacial score (nSPS) is 10.1. The van der Waals surface area contributed by atoms with E-state index in [1.54, 1.807) is 49.4 Å². The zero-order chi connectivity index (χ0) is 14.7. The van der Waals surface area contributed by atoms with E-state index in [9.17, 15) is 9.90 Å². The van der Waals surface area contributed by atoms with Gasteiger partial charge in [-0.1, -0.05) is 36.5 Å². The van der Waals surface area contributed by atoms with E-state index in [2.05, 4.69) is 5.32 Å². The van der Waals surface area contributed by atoms with E-state index >= 15 is 0 Å². The summed E-state index contributed by atoms with van der Waals surface area (Å²) in [5, 5.41) is 12.6. The maximum absolute atomic E-state index is 12.2. The van der Waals surface area contributed by atoms with Crippen LogP contribution in [0, 0.1) is 6.92 Å². The smallest absolute Gasteiger partial charge is 0.259 e. The molecule has 0 saturated carbocycles. The molecular formula is C15H14N2O2S. The van der Waals surface area contributed by atoms with Gasteiger partial charge in [0.2, 0.25) is 0 Å². The van der Waals surface area contributed by atoms with Gasteiger partial charge in [0, 0.05) is 5.56 Å². The quantitative estimate of drug-likeness (QED) is 0.758. The standard InChI is InChI=1S/C15H14N2O2S/c1-9-5-4-7-11(13(9)18)15(19)17-12-8-3-2-6-10(12)14(16)20/h2-8,18H,1H3,(H2,16,20)(H,17,19). The van der Waals surface area contributed by atoms with Crippen LogP contribution in [0.3, 0.4) is 0 Å². The second kappa shape index (κ2) is 5.71. The molecule has 2 aromatic rings. The number of aryl methyl sites for hydroxylation is 1. The van der Waals surface area contributed by atoms with Crippen molar-refractivity contribution in [3.8, 4) is 5.75 Å². The third-order valence-corrected chi connectivity index (χ3v) is 3.14. The number of phenolic OH excluding ortho intramolecular Hbond substituents is 1. The molecule has 0 spiro atoms. The minimum absolute atomic E-state index is 0.0298. The van der Waals surface area contributed by atoms with Crippen LogP contribution in [0.15, 0.2) is 42.5 Å². The molecule has 0 atom stereocenters. The minimum atomic E-state index is -0.408. The van der Waals surface area contributed by atoms with E-state index in [4.69, 9.17) is 18.0 Å².